The predicted octanol–water partition coefficient (Wildman–Crippen LogP) is 4.22. The molecule has 1 aliphatic rings. The van der Waals surface area contributed by atoms with E-state index in [4.69, 9.17) is 4.74 Å². The molecular weight excluding hydrogens is 460 g/mol. The molecule has 6 nitrogen and oxygen atoms in total. The zero-order chi connectivity index (χ0) is 22.5. The Labute approximate surface area is 191 Å². The van der Waals surface area contributed by atoms with Gasteiger partial charge in [0.1, 0.15) is 11.5 Å². The Hall–Kier alpha value is -2.64. The number of rotatable bonds is 8. The summed E-state index contributed by atoms with van der Waals surface area (Å²) in [6, 6.07) is 13.6. The molecule has 164 valence electrons. The van der Waals surface area contributed by atoms with E-state index in [1.807, 2.05) is 24.3 Å². The van der Waals surface area contributed by atoms with Gasteiger partial charge in [-0.3, -0.25) is 9.59 Å². The van der Waals surface area contributed by atoms with Crippen molar-refractivity contribution in [3.05, 3.63) is 69.7 Å². The number of methoxy groups -OCH3 is 1. The topological polar surface area (TPSA) is 70.1 Å². The smallest absolute Gasteiger partial charge is 0.295 e. The lowest BCUT2D eigenvalue weighted by molar-refractivity contribution is -0.140. The molecule has 0 aliphatic carbocycles. The maximum absolute atomic E-state index is 13.0. The van der Waals surface area contributed by atoms with Crippen molar-refractivity contribution in [3.8, 4) is 5.75 Å². The van der Waals surface area contributed by atoms with E-state index in [0.29, 0.717) is 24.4 Å². The number of Topliss-reactive ketones (excluding diaryl/α,β-unsaturated/α-hetero) is 1. The lowest BCUT2D eigenvalue weighted by Gasteiger charge is -2.28. The zero-order valence-corrected chi connectivity index (χ0v) is 19.6. The first-order valence-corrected chi connectivity index (χ1v) is 11.1. The molecular formula is C24H27BrN2O4. The number of benzene rings is 2. The normalized spacial score (nSPS) is 18.1. The number of nitrogens with zero attached hydrogens (tertiary/aromatic N) is 2. The van der Waals surface area contributed by atoms with Crippen molar-refractivity contribution in [1.82, 2.24) is 9.80 Å². The number of ketones is 1. The largest absolute Gasteiger partial charge is 0.507 e. The summed E-state index contributed by atoms with van der Waals surface area (Å²) in [6.45, 7) is 6.88. The SMILES string of the molecule is CCN(CC)CCN1C(=O)C(=O)C(=C(O)c2ccc(OC)cc2)[C@@H]1c1ccc(Br)cc1. The summed E-state index contributed by atoms with van der Waals surface area (Å²) in [6.07, 6.45) is 0. The fourth-order valence-corrected chi connectivity index (χ4v) is 4.06. The van der Waals surface area contributed by atoms with Gasteiger partial charge in [-0.25, -0.2) is 0 Å². The van der Waals surface area contributed by atoms with Crippen LogP contribution in [0.5, 0.6) is 5.75 Å². The summed E-state index contributed by atoms with van der Waals surface area (Å²) in [5.41, 5.74) is 1.35. The van der Waals surface area contributed by atoms with Gasteiger partial charge in [-0.2, -0.15) is 0 Å². The molecule has 0 aromatic heterocycles. The van der Waals surface area contributed by atoms with Gasteiger partial charge in [-0.1, -0.05) is 41.9 Å². The standard InChI is InChI=1S/C24H27BrN2O4/c1-4-26(5-2)14-15-27-21(16-6-10-18(25)11-7-16)20(23(29)24(27)30)22(28)17-8-12-19(31-3)13-9-17/h6-13,21,28H,4-5,14-15H2,1-3H3/t21-/m0/s1. The molecule has 1 aliphatic heterocycles. The van der Waals surface area contributed by atoms with Gasteiger partial charge in [0.15, 0.2) is 0 Å². The quantitative estimate of drug-likeness (QED) is 0.343. The monoisotopic (exact) mass is 486 g/mol. The molecule has 1 heterocycles. The van der Waals surface area contributed by atoms with Crippen molar-refractivity contribution in [3.63, 3.8) is 0 Å². The van der Waals surface area contributed by atoms with Crippen LogP contribution < -0.4 is 4.74 Å². The number of carbonyl (C=O) groups excluding carboxylic acids is 2. The molecule has 31 heavy (non-hydrogen) atoms. The molecule has 0 unspecified atom stereocenters. The highest BCUT2D eigenvalue weighted by Crippen LogP contribution is 2.39. The summed E-state index contributed by atoms with van der Waals surface area (Å²) >= 11 is 3.43. The first-order valence-electron chi connectivity index (χ1n) is 10.3. The average molecular weight is 487 g/mol. The zero-order valence-electron chi connectivity index (χ0n) is 18.0. The van der Waals surface area contributed by atoms with E-state index < -0.39 is 17.7 Å². The molecule has 2 aromatic rings. The Balaban J connectivity index is 2.07. The van der Waals surface area contributed by atoms with Gasteiger partial charge in [-0.05, 0) is 55.1 Å². The number of likely N-dealkylation sites (N-methyl/N-ethyl adjacent to an activating group) is 1. The van der Waals surface area contributed by atoms with Gasteiger partial charge in [0, 0.05) is 23.1 Å². The molecule has 2 aromatic carbocycles. The number of hydrogen-bond donors (Lipinski definition) is 1. The molecule has 1 amide bonds. The fourth-order valence-electron chi connectivity index (χ4n) is 3.80. The Morgan fingerprint density at radius 2 is 1.68 bits per heavy atom. The van der Waals surface area contributed by atoms with Gasteiger partial charge in [0.2, 0.25) is 0 Å². The molecule has 0 spiro atoms. The van der Waals surface area contributed by atoms with Crippen LogP contribution in [0, 0.1) is 0 Å². The molecule has 1 atom stereocenters. The average Bonchev–Trinajstić information content (AvgIpc) is 3.05. The summed E-state index contributed by atoms with van der Waals surface area (Å²) in [5, 5.41) is 11.1. The molecule has 1 N–H and O–H groups in total. The van der Waals surface area contributed by atoms with Crippen LogP contribution in [-0.4, -0.2) is 59.9 Å². The van der Waals surface area contributed by atoms with Crippen LogP contribution in [0.1, 0.15) is 31.0 Å². The number of hydrogen-bond acceptors (Lipinski definition) is 5. The van der Waals surface area contributed by atoms with Crippen LogP contribution in [0.25, 0.3) is 5.76 Å². The summed E-state index contributed by atoms with van der Waals surface area (Å²) in [5.74, 6) is -0.795. The minimum atomic E-state index is -0.666. The Bertz CT molecular complexity index is 966. The second-order valence-electron chi connectivity index (χ2n) is 7.30. The third-order valence-corrected chi connectivity index (χ3v) is 6.17. The van der Waals surface area contributed by atoms with Crippen molar-refractivity contribution < 1.29 is 19.4 Å². The third kappa shape index (κ3) is 4.83. The molecule has 1 fully saturated rings. The van der Waals surface area contributed by atoms with E-state index >= 15 is 0 Å². The van der Waals surface area contributed by atoms with E-state index in [1.54, 1.807) is 36.3 Å². The minimum Gasteiger partial charge on any atom is -0.507 e. The van der Waals surface area contributed by atoms with Gasteiger partial charge in [0.05, 0.1) is 18.7 Å². The van der Waals surface area contributed by atoms with Crippen LogP contribution in [-0.2, 0) is 9.59 Å². The van der Waals surface area contributed by atoms with Crippen LogP contribution in [0.3, 0.4) is 0 Å². The highest BCUT2D eigenvalue weighted by molar-refractivity contribution is 9.10. The maximum atomic E-state index is 13.0. The van der Waals surface area contributed by atoms with Gasteiger partial charge in [0.25, 0.3) is 11.7 Å². The number of amides is 1. The van der Waals surface area contributed by atoms with E-state index in [9.17, 15) is 14.7 Å². The molecule has 7 heteroatoms. The van der Waals surface area contributed by atoms with Gasteiger partial charge < -0.3 is 19.6 Å². The first kappa shape index (κ1) is 23.0. The number of aliphatic hydroxyl groups excluding tert-OH is 1. The maximum Gasteiger partial charge on any atom is 0.295 e. The predicted molar refractivity (Wildman–Crippen MR) is 124 cm³/mol. The first-order chi connectivity index (χ1) is 14.9. The van der Waals surface area contributed by atoms with Gasteiger partial charge >= 0.3 is 0 Å². The fraction of sp³-hybridized carbons (Fsp3) is 0.333. The molecule has 3 rings (SSSR count). The second-order valence-corrected chi connectivity index (χ2v) is 8.22. The molecule has 0 radical (unpaired) electrons. The van der Waals surface area contributed by atoms with E-state index in [2.05, 4.69) is 34.7 Å². The minimum absolute atomic E-state index is 0.108. The number of aliphatic hydroxyl groups is 1. The summed E-state index contributed by atoms with van der Waals surface area (Å²) in [7, 11) is 1.56. The summed E-state index contributed by atoms with van der Waals surface area (Å²) < 4.78 is 6.07. The van der Waals surface area contributed by atoms with Gasteiger partial charge in [-0.15, -0.1) is 0 Å². The Morgan fingerprint density at radius 1 is 1.06 bits per heavy atom. The highest BCUT2D eigenvalue weighted by Gasteiger charge is 2.45. The van der Waals surface area contributed by atoms with Crippen LogP contribution in [0.2, 0.25) is 0 Å². The Morgan fingerprint density at radius 3 is 2.23 bits per heavy atom. The van der Waals surface area contributed by atoms with Crippen molar-refractivity contribution in [1.29, 1.82) is 0 Å². The third-order valence-electron chi connectivity index (χ3n) is 5.64. The van der Waals surface area contributed by atoms with Crippen LogP contribution in [0.4, 0.5) is 0 Å². The van der Waals surface area contributed by atoms with Crippen LogP contribution in [0.15, 0.2) is 58.6 Å². The number of carbonyl (C=O) groups is 2. The lowest BCUT2D eigenvalue weighted by Crippen LogP contribution is -2.38. The van der Waals surface area contributed by atoms with E-state index in [1.165, 1.54) is 0 Å². The molecule has 0 bridgehead atoms. The molecule has 0 saturated carbocycles. The summed E-state index contributed by atoms with van der Waals surface area (Å²) in [4.78, 5) is 29.8. The number of halogens is 1. The van der Waals surface area contributed by atoms with Crippen molar-refractivity contribution in [2.24, 2.45) is 0 Å². The molecule has 1 saturated heterocycles. The number of likely N-dealkylation sites (tertiary alicyclic amines) is 1. The van der Waals surface area contributed by atoms with Crippen LogP contribution >= 0.6 is 15.9 Å². The van der Waals surface area contributed by atoms with Crippen molar-refractivity contribution in [2.75, 3.05) is 33.3 Å². The van der Waals surface area contributed by atoms with Crippen molar-refractivity contribution >= 4 is 33.4 Å². The van der Waals surface area contributed by atoms with E-state index in [-0.39, 0.29) is 11.3 Å². The van der Waals surface area contributed by atoms with Crippen molar-refractivity contribution in [2.45, 2.75) is 19.9 Å². The highest BCUT2D eigenvalue weighted by atomic mass is 79.9. The Kier molecular flexibility index (Phi) is 7.51. The lowest BCUT2D eigenvalue weighted by atomic mass is 9.95. The van der Waals surface area contributed by atoms with E-state index in [0.717, 1.165) is 23.1 Å². The second kappa shape index (κ2) is 10.1. The number of ether oxygens (including phenoxy) is 1.